The maximum Gasteiger partial charge on any atom is 0.271 e. The number of hydrogen-bond acceptors (Lipinski definition) is 8. The van der Waals surface area contributed by atoms with E-state index in [0.717, 1.165) is 17.4 Å². The number of methoxy groups -OCH3 is 1. The number of nitriles is 1. The molecule has 1 amide bonds. The number of carbonyl (C=O) groups excluding carboxylic acids is 1. The van der Waals surface area contributed by atoms with E-state index in [1.165, 1.54) is 23.9 Å². The minimum absolute atomic E-state index is 0.0584. The second-order valence-electron chi connectivity index (χ2n) is 6.90. The van der Waals surface area contributed by atoms with Crippen LogP contribution in [-0.4, -0.2) is 23.1 Å². The molecule has 0 unspecified atom stereocenters. The van der Waals surface area contributed by atoms with Crippen molar-refractivity contribution in [3.63, 3.8) is 0 Å². The Labute approximate surface area is 198 Å². The minimum Gasteiger partial charge on any atom is -0.497 e. The van der Waals surface area contributed by atoms with E-state index in [4.69, 9.17) is 9.47 Å². The van der Waals surface area contributed by atoms with Crippen LogP contribution in [0.1, 0.15) is 11.1 Å². The number of nitro benzene ring substituents is 1. The van der Waals surface area contributed by atoms with Crippen molar-refractivity contribution < 1.29 is 19.2 Å². The van der Waals surface area contributed by atoms with E-state index in [9.17, 15) is 20.2 Å². The Bertz CT molecular complexity index is 1360. The third kappa shape index (κ3) is 5.23. The van der Waals surface area contributed by atoms with Crippen molar-refractivity contribution in [2.24, 2.45) is 4.99 Å². The van der Waals surface area contributed by atoms with Crippen LogP contribution in [-0.2, 0) is 4.79 Å². The van der Waals surface area contributed by atoms with Gasteiger partial charge in [0, 0.05) is 12.1 Å². The summed E-state index contributed by atoms with van der Waals surface area (Å²) >= 11 is 1.23. The number of nitrogens with zero attached hydrogens (tertiary/aromatic N) is 3. The monoisotopic (exact) mass is 472 g/mol. The SMILES string of the molecule is COc1ccc(N=C2NC(=O)/C(=C/c3ccc(Oc4ccc([N+](=O)[O-])cc4C#N)cc3)S2)cc1. The third-order valence-electron chi connectivity index (χ3n) is 4.65. The van der Waals surface area contributed by atoms with E-state index in [2.05, 4.69) is 10.3 Å². The number of aliphatic imine (C=N–C) groups is 1. The highest BCUT2D eigenvalue weighted by atomic mass is 32.2. The van der Waals surface area contributed by atoms with Crippen molar-refractivity contribution in [1.82, 2.24) is 5.32 Å². The zero-order valence-corrected chi connectivity index (χ0v) is 18.5. The Kier molecular flexibility index (Phi) is 6.57. The van der Waals surface area contributed by atoms with Gasteiger partial charge >= 0.3 is 0 Å². The first-order valence-electron chi connectivity index (χ1n) is 9.85. The normalized spacial score (nSPS) is 15.1. The quantitative estimate of drug-likeness (QED) is 0.298. The molecule has 0 bridgehead atoms. The molecule has 0 aromatic heterocycles. The topological polar surface area (TPSA) is 127 Å². The van der Waals surface area contributed by atoms with E-state index in [1.807, 2.05) is 6.07 Å². The fourth-order valence-corrected chi connectivity index (χ4v) is 3.81. The van der Waals surface area contributed by atoms with Gasteiger partial charge in [0.2, 0.25) is 0 Å². The highest BCUT2D eigenvalue weighted by molar-refractivity contribution is 8.18. The van der Waals surface area contributed by atoms with Crippen LogP contribution in [0, 0.1) is 21.4 Å². The predicted octanol–water partition coefficient (Wildman–Crippen LogP) is 5.16. The van der Waals surface area contributed by atoms with Gasteiger partial charge in [-0.3, -0.25) is 14.9 Å². The number of rotatable bonds is 6. The van der Waals surface area contributed by atoms with Gasteiger partial charge in [0.05, 0.1) is 22.6 Å². The number of thioether (sulfide) groups is 1. The predicted molar refractivity (Wildman–Crippen MR) is 128 cm³/mol. The Hall–Kier alpha value is -4.62. The summed E-state index contributed by atoms with van der Waals surface area (Å²) in [6.07, 6.45) is 1.73. The van der Waals surface area contributed by atoms with Crippen LogP contribution in [0.3, 0.4) is 0 Å². The minimum atomic E-state index is -0.572. The molecule has 0 saturated carbocycles. The van der Waals surface area contributed by atoms with Gasteiger partial charge < -0.3 is 14.8 Å². The summed E-state index contributed by atoms with van der Waals surface area (Å²) in [6, 6.07) is 19.8. The van der Waals surface area contributed by atoms with E-state index in [-0.39, 0.29) is 22.9 Å². The first kappa shape index (κ1) is 22.6. The number of nitro groups is 1. The summed E-state index contributed by atoms with van der Waals surface area (Å²) in [5.41, 5.74) is 1.32. The third-order valence-corrected chi connectivity index (χ3v) is 5.56. The van der Waals surface area contributed by atoms with Crippen molar-refractivity contribution in [1.29, 1.82) is 5.26 Å². The van der Waals surface area contributed by atoms with Gasteiger partial charge in [-0.25, -0.2) is 4.99 Å². The maximum atomic E-state index is 12.3. The van der Waals surface area contributed by atoms with Crippen LogP contribution in [0.15, 0.2) is 76.6 Å². The van der Waals surface area contributed by atoms with Gasteiger partial charge in [0.1, 0.15) is 28.9 Å². The molecule has 4 rings (SSSR count). The molecule has 9 nitrogen and oxygen atoms in total. The Morgan fingerprint density at radius 1 is 1.09 bits per heavy atom. The lowest BCUT2D eigenvalue weighted by atomic mass is 10.2. The van der Waals surface area contributed by atoms with Crippen LogP contribution in [0.5, 0.6) is 17.2 Å². The molecule has 34 heavy (non-hydrogen) atoms. The fourth-order valence-electron chi connectivity index (χ4n) is 2.97. The molecule has 1 fully saturated rings. The molecule has 1 aliphatic heterocycles. The van der Waals surface area contributed by atoms with Gasteiger partial charge in [0.25, 0.3) is 11.6 Å². The van der Waals surface area contributed by atoms with Crippen molar-refractivity contribution in [2.75, 3.05) is 7.11 Å². The Balaban J connectivity index is 1.46. The first-order chi connectivity index (χ1) is 16.4. The van der Waals surface area contributed by atoms with Crippen molar-refractivity contribution in [3.8, 4) is 23.3 Å². The van der Waals surface area contributed by atoms with E-state index < -0.39 is 4.92 Å². The maximum absolute atomic E-state index is 12.3. The van der Waals surface area contributed by atoms with Gasteiger partial charge in [0.15, 0.2) is 5.17 Å². The second-order valence-corrected chi connectivity index (χ2v) is 7.93. The summed E-state index contributed by atoms with van der Waals surface area (Å²) in [5.74, 6) is 1.13. The van der Waals surface area contributed by atoms with Crippen LogP contribution in [0.25, 0.3) is 6.08 Å². The van der Waals surface area contributed by atoms with E-state index >= 15 is 0 Å². The number of amides is 1. The number of nitrogens with one attached hydrogen (secondary N) is 1. The molecule has 1 heterocycles. The largest absolute Gasteiger partial charge is 0.497 e. The fraction of sp³-hybridized carbons (Fsp3) is 0.0417. The molecule has 3 aromatic carbocycles. The van der Waals surface area contributed by atoms with Gasteiger partial charge in [-0.05, 0) is 65.9 Å². The number of ether oxygens (including phenoxy) is 2. The molecular formula is C24H16N4O5S. The first-order valence-corrected chi connectivity index (χ1v) is 10.7. The summed E-state index contributed by atoms with van der Waals surface area (Å²) < 4.78 is 10.8. The number of hydrogen-bond donors (Lipinski definition) is 1. The Morgan fingerprint density at radius 3 is 2.44 bits per heavy atom. The van der Waals surface area contributed by atoms with Crippen LogP contribution in [0.2, 0.25) is 0 Å². The average Bonchev–Trinajstić information content (AvgIpc) is 3.19. The molecule has 0 spiro atoms. The summed E-state index contributed by atoms with van der Waals surface area (Å²) in [6.45, 7) is 0. The zero-order chi connectivity index (χ0) is 24.1. The number of benzene rings is 3. The molecule has 1 aliphatic rings. The molecule has 1 N–H and O–H groups in total. The molecule has 3 aromatic rings. The van der Waals surface area contributed by atoms with Crippen LogP contribution >= 0.6 is 11.8 Å². The average molecular weight is 472 g/mol. The smallest absolute Gasteiger partial charge is 0.271 e. The number of non-ortho nitro benzene ring substituents is 1. The molecule has 0 atom stereocenters. The lowest BCUT2D eigenvalue weighted by molar-refractivity contribution is -0.384. The van der Waals surface area contributed by atoms with Crippen molar-refractivity contribution >= 4 is 40.3 Å². The summed E-state index contributed by atoms with van der Waals surface area (Å²) in [7, 11) is 1.59. The molecule has 0 aliphatic carbocycles. The molecule has 168 valence electrons. The molecule has 1 saturated heterocycles. The summed E-state index contributed by atoms with van der Waals surface area (Å²) in [4.78, 5) is 27.6. The summed E-state index contributed by atoms with van der Waals surface area (Å²) in [5, 5.41) is 23.4. The van der Waals surface area contributed by atoms with E-state index in [1.54, 1.807) is 61.7 Å². The number of carbonyl (C=O) groups is 1. The highest BCUT2D eigenvalue weighted by Gasteiger charge is 2.23. The standard InChI is InChI=1S/C24H16N4O5S/c1-32-19-9-4-17(5-10-19)26-24-27-23(29)22(34-24)12-15-2-7-20(8-3-15)33-21-11-6-18(28(30)31)13-16(21)14-25/h2-13H,1H3,(H,26,27,29)/b22-12-. The second kappa shape index (κ2) is 9.89. The van der Waals surface area contributed by atoms with E-state index in [0.29, 0.717) is 21.5 Å². The molecular weight excluding hydrogens is 456 g/mol. The Morgan fingerprint density at radius 2 is 1.79 bits per heavy atom. The van der Waals surface area contributed by atoms with Crippen molar-refractivity contribution in [3.05, 3.63) is 92.9 Å². The zero-order valence-electron chi connectivity index (χ0n) is 17.7. The highest BCUT2D eigenvalue weighted by Crippen LogP contribution is 2.31. The molecule has 10 heteroatoms. The lowest BCUT2D eigenvalue weighted by Gasteiger charge is -2.07. The lowest BCUT2D eigenvalue weighted by Crippen LogP contribution is -2.19. The van der Waals surface area contributed by atoms with Gasteiger partial charge in [-0.15, -0.1) is 0 Å². The van der Waals surface area contributed by atoms with Crippen LogP contribution < -0.4 is 14.8 Å². The van der Waals surface area contributed by atoms with Gasteiger partial charge in [-0.1, -0.05) is 12.1 Å². The van der Waals surface area contributed by atoms with Crippen LogP contribution in [0.4, 0.5) is 11.4 Å². The molecule has 0 radical (unpaired) electrons. The van der Waals surface area contributed by atoms with Crippen molar-refractivity contribution in [2.45, 2.75) is 0 Å². The number of amidine groups is 1. The van der Waals surface area contributed by atoms with Gasteiger partial charge in [-0.2, -0.15) is 5.26 Å².